The van der Waals surface area contributed by atoms with E-state index in [0.29, 0.717) is 18.1 Å². The molecule has 2 heterocycles. The van der Waals surface area contributed by atoms with Crippen LogP contribution in [-0.2, 0) is 11.3 Å². The zero-order valence-corrected chi connectivity index (χ0v) is 12.8. The number of pyridine rings is 1. The number of guanidine groups is 1. The lowest BCUT2D eigenvalue weighted by Crippen LogP contribution is -2.47. The first-order chi connectivity index (χ1) is 10.6. The van der Waals surface area contributed by atoms with Crippen molar-refractivity contribution in [3.63, 3.8) is 0 Å². The number of halogens is 1. The van der Waals surface area contributed by atoms with Crippen molar-refractivity contribution < 1.29 is 9.18 Å². The fourth-order valence-corrected chi connectivity index (χ4v) is 2.75. The van der Waals surface area contributed by atoms with Crippen LogP contribution < -0.4 is 11.1 Å². The van der Waals surface area contributed by atoms with Crippen molar-refractivity contribution in [2.75, 3.05) is 20.1 Å². The molecule has 1 aromatic heterocycles. The number of hydrogen-bond donors (Lipinski definition) is 2. The predicted octanol–water partition coefficient (Wildman–Crippen LogP) is 0.884. The fraction of sp³-hybridized carbons (Fsp3) is 0.533. The molecular formula is C15H22FN5O. The van der Waals surface area contributed by atoms with Crippen molar-refractivity contribution >= 4 is 11.9 Å². The number of likely N-dealkylation sites (tertiary alicyclic amines) is 1. The summed E-state index contributed by atoms with van der Waals surface area (Å²) in [6.45, 7) is 1.86. The number of aliphatic imine (C=N–C) groups is 1. The molecule has 6 nitrogen and oxygen atoms in total. The van der Waals surface area contributed by atoms with Gasteiger partial charge in [0.25, 0.3) is 0 Å². The van der Waals surface area contributed by atoms with Crippen LogP contribution >= 0.6 is 0 Å². The maximum Gasteiger partial charge on any atom is 0.217 e. The Morgan fingerprint density at radius 2 is 2.45 bits per heavy atom. The van der Waals surface area contributed by atoms with E-state index in [-0.39, 0.29) is 24.2 Å². The van der Waals surface area contributed by atoms with Gasteiger partial charge >= 0.3 is 0 Å². The summed E-state index contributed by atoms with van der Waals surface area (Å²) >= 11 is 0. The number of hydrogen-bond acceptors (Lipinski definition) is 3. The van der Waals surface area contributed by atoms with Crippen LogP contribution in [0.4, 0.5) is 4.39 Å². The van der Waals surface area contributed by atoms with E-state index < -0.39 is 0 Å². The maximum absolute atomic E-state index is 13.6. The van der Waals surface area contributed by atoms with Crippen molar-refractivity contribution in [1.82, 2.24) is 15.2 Å². The summed E-state index contributed by atoms with van der Waals surface area (Å²) in [6.07, 6.45) is 3.93. The van der Waals surface area contributed by atoms with Gasteiger partial charge in [-0.25, -0.2) is 4.39 Å². The zero-order valence-electron chi connectivity index (χ0n) is 12.8. The van der Waals surface area contributed by atoms with Gasteiger partial charge in [0.1, 0.15) is 5.82 Å². The third-order valence-corrected chi connectivity index (χ3v) is 3.77. The molecule has 0 saturated carbocycles. The number of primary amides is 1. The van der Waals surface area contributed by atoms with Gasteiger partial charge in [-0.2, -0.15) is 0 Å². The lowest BCUT2D eigenvalue weighted by molar-refractivity contribution is -0.119. The number of carbonyl (C=O) groups is 1. The molecule has 0 radical (unpaired) electrons. The Morgan fingerprint density at radius 3 is 3.14 bits per heavy atom. The lowest BCUT2D eigenvalue weighted by Gasteiger charge is -2.34. The Morgan fingerprint density at radius 1 is 1.64 bits per heavy atom. The molecule has 1 unspecified atom stereocenters. The fourth-order valence-electron chi connectivity index (χ4n) is 2.75. The predicted molar refractivity (Wildman–Crippen MR) is 82.5 cm³/mol. The largest absolute Gasteiger partial charge is 0.370 e. The second-order valence-electron chi connectivity index (χ2n) is 5.46. The number of carbonyl (C=O) groups excluding carboxylic acids is 1. The average molecular weight is 307 g/mol. The molecule has 7 heteroatoms. The molecule has 1 saturated heterocycles. The first-order valence-electron chi connectivity index (χ1n) is 7.43. The second kappa shape index (κ2) is 7.72. The van der Waals surface area contributed by atoms with Crippen LogP contribution in [0.3, 0.4) is 0 Å². The smallest absolute Gasteiger partial charge is 0.217 e. The second-order valence-corrected chi connectivity index (χ2v) is 5.46. The third-order valence-electron chi connectivity index (χ3n) is 3.77. The molecule has 1 aliphatic rings. The molecule has 0 spiro atoms. The number of rotatable bonds is 4. The minimum absolute atomic E-state index is 0.247. The number of amides is 1. The van der Waals surface area contributed by atoms with Crippen LogP contribution in [0, 0.1) is 11.7 Å². The van der Waals surface area contributed by atoms with E-state index in [1.165, 1.54) is 6.07 Å². The molecule has 1 fully saturated rings. The minimum atomic E-state index is -0.337. The number of nitrogens with zero attached hydrogens (tertiary/aromatic N) is 3. The summed E-state index contributed by atoms with van der Waals surface area (Å²) < 4.78 is 13.6. The molecule has 0 aliphatic carbocycles. The van der Waals surface area contributed by atoms with Gasteiger partial charge in [-0.05, 0) is 30.9 Å². The summed E-state index contributed by atoms with van der Waals surface area (Å²) in [5.41, 5.74) is 5.63. The Kier molecular flexibility index (Phi) is 5.68. The Hall–Kier alpha value is -2.18. The van der Waals surface area contributed by atoms with Gasteiger partial charge in [0.2, 0.25) is 5.91 Å². The van der Waals surface area contributed by atoms with Gasteiger partial charge in [-0.1, -0.05) is 0 Å². The van der Waals surface area contributed by atoms with E-state index in [2.05, 4.69) is 20.2 Å². The standard InChI is InChI=1S/C15H22FN5O/c1-18-15(20-9-13-12(16)5-2-6-19-13)21-7-3-4-11(10-21)8-14(17)22/h2,5-6,11H,3-4,7-10H2,1H3,(H2,17,22)(H,18,20). The van der Waals surface area contributed by atoms with Gasteiger partial charge < -0.3 is 16.0 Å². The SMILES string of the molecule is CN=C(NCc1ncccc1F)N1CCCC(CC(N)=O)C1. The van der Waals surface area contributed by atoms with Crippen molar-refractivity contribution in [2.45, 2.75) is 25.8 Å². The minimum Gasteiger partial charge on any atom is -0.370 e. The number of nitrogens with two attached hydrogens (primary N) is 1. The summed E-state index contributed by atoms with van der Waals surface area (Å²) in [5.74, 6) is 0.330. The molecule has 2 rings (SSSR count). The Bertz CT molecular complexity index is 548. The van der Waals surface area contributed by atoms with E-state index in [1.807, 2.05) is 0 Å². The lowest BCUT2D eigenvalue weighted by atomic mass is 9.95. The highest BCUT2D eigenvalue weighted by Gasteiger charge is 2.23. The molecule has 3 N–H and O–H groups in total. The summed E-state index contributed by atoms with van der Waals surface area (Å²) in [6, 6.07) is 2.95. The van der Waals surface area contributed by atoms with Crippen LogP contribution in [0.2, 0.25) is 0 Å². The molecule has 0 aromatic carbocycles. The first-order valence-corrected chi connectivity index (χ1v) is 7.43. The molecule has 1 aromatic rings. The highest BCUT2D eigenvalue weighted by molar-refractivity contribution is 5.80. The Labute approximate surface area is 129 Å². The van der Waals surface area contributed by atoms with E-state index in [1.54, 1.807) is 19.3 Å². The van der Waals surface area contributed by atoms with Crippen LogP contribution in [-0.4, -0.2) is 41.9 Å². The van der Waals surface area contributed by atoms with Crippen LogP contribution in [0.25, 0.3) is 0 Å². The molecule has 22 heavy (non-hydrogen) atoms. The monoisotopic (exact) mass is 307 g/mol. The highest BCUT2D eigenvalue weighted by atomic mass is 19.1. The van der Waals surface area contributed by atoms with Crippen molar-refractivity contribution in [1.29, 1.82) is 0 Å². The number of piperidine rings is 1. The highest BCUT2D eigenvalue weighted by Crippen LogP contribution is 2.19. The molecule has 1 atom stereocenters. The van der Waals surface area contributed by atoms with Gasteiger partial charge in [-0.3, -0.25) is 14.8 Å². The normalized spacial score (nSPS) is 19.1. The van der Waals surface area contributed by atoms with Gasteiger partial charge in [0, 0.05) is 32.8 Å². The molecule has 0 bridgehead atoms. The van der Waals surface area contributed by atoms with Crippen LogP contribution in [0.5, 0.6) is 0 Å². The number of nitrogens with one attached hydrogen (secondary N) is 1. The van der Waals surface area contributed by atoms with Gasteiger partial charge in [0.05, 0.1) is 12.2 Å². The number of aromatic nitrogens is 1. The first kappa shape index (κ1) is 16.2. The van der Waals surface area contributed by atoms with E-state index >= 15 is 0 Å². The molecule has 1 amide bonds. The van der Waals surface area contributed by atoms with Gasteiger partial charge in [0.15, 0.2) is 5.96 Å². The maximum atomic E-state index is 13.6. The van der Waals surface area contributed by atoms with Gasteiger partial charge in [-0.15, -0.1) is 0 Å². The summed E-state index contributed by atoms with van der Waals surface area (Å²) in [5, 5.41) is 3.13. The molecular weight excluding hydrogens is 285 g/mol. The van der Waals surface area contributed by atoms with E-state index in [0.717, 1.165) is 25.9 Å². The third kappa shape index (κ3) is 4.41. The quantitative estimate of drug-likeness (QED) is 0.639. The average Bonchev–Trinajstić information content (AvgIpc) is 2.49. The van der Waals surface area contributed by atoms with Crippen molar-refractivity contribution in [2.24, 2.45) is 16.6 Å². The topological polar surface area (TPSA) is 83.6 Å². The molecule has 1 aliphatic heterocycles. The van der Waals surface area contributed by atoms with Crippen molar-refractivity contribution in [3.05, 3.63) is 29.8 Å². The van der Waals surface area contributed by atoms with Crippen LogP contribution in [0.1, 0.15) is 25.0 Å². The summed E-state index contributed by atoms with van der Waals surface area (Å²) in [4.78, 5) is 21.4. The van der Waals surface area contributed by atoms with Crippen molar-refractivity contribution in [3.8, 4) is 0 Å². The zero-order chi connectivity index (χ0) is 15.9. The van der Waals surface area contributed by atoms with E-state index in [4.69, 9.17) is 5.73 Å². The van der Waals surface area contributed by atoms with E-state index in [9.17, 15) is 9.18 Å². The summed E-state index contributed by atoms with van der Waals surface area (Å²) in [7, 11) is 1.69. The Balaban J connectivity index is 1.94. The van der Waals surface area contributed by atoms with Crippen LogP contribution in [0.15, 0.2) is 23.3 Å². The molecule has 120 valence electrons.